The van der Waals surface area contributed by atoms with Crippen LogP contribution in [0.25, 0.3) is 0 Å². The van der Waals surface area contributed by atoms with Crippen molar-refractivity contribution in [2.75, 3.05) is 18.4 Å². The summed E-state index contributed by atoms with van der Waals surface area (Å²) in [5.41, 5.74) is 2.67. The van der Waals surface area contributed by atoms with Crippen molar-refractivity contribution < 1.29 is 4.79 Å². The van der Waals surface area contributed by atoms with Gasteiger partial charge in [0.2, 0.25) is 0 Å². The zero-order valence-electron chi connectivity index (χ0n) is 16.0. The zero-order valence-corrected chi connectivity index (χ0v) is 16.0. The minimum Gasteiger partial charge on any atom is -0.339 e. The lowest BCUT2D eigenvalue weighted by Gasteiger charge is -2.23. The number of nitrogens with one attached hydrogen (secondary N) is 1. The number of nitrogens with zero attached hydrogens (tertiary/aromatic N) is 3. The molecule has 0 unspecified atom stereocenters. The van der Waals surface area contributed by atoms with E-state index in [1.54, 1.807) is 12.4 Å². The predicted octanol–water partition coefficient (Wildman–Crippen LogP) is 4.53. The predicted molar refractivity (Wildman–Crippen MR) is 105 cm³/mol. The summed E-state index contributed by atoms with van der Waals surface area (Å²) in [5, 5.41) is 3.34. The van der Waals surface area contributed by atoms with Crippen molar-refractivity contribution in [3.63, 3.8) is 0 Å². The first-order valence-electron chi connectivity index (χ1n) is 9.43. The molecule has 0 aliphatic carbocycles. The fraction of sp³-hybridized carbons (Fsp3) is 0.476. The van der Waals surface area contributed by atoms with Gasteiger partial charge in [0.1, 0.15) is 11.5 Å². The van der Waals surface area contributed by atoms with Gasteiger partial charge in [0, 0.05) is 18.8 Å². The quantitative estimate of drug-likeness (QED) is 0.881. The molecule has 2 heterocycles. The van der Waals surface area contributed by atoms with Crippen molar-refractivity contribution in [1.82, 2.24) is 14.9 Å². The molecule has 1 aliphatic rings. The van der Waals surface area contributed by atoms with Gasteiger partial charge < -0.3 is 10.2 Å². The lowest BCUT2D eigenvalue weighted by Crippen LogP contribution is -2.32. The lowest BCUT2D eigenvalue weighted by molar-refractivity contribution is 0.0755. The Morgan fingerprint density at radius 2 is 1.69 bits per heavy atom. The van der Waals surface area contributed by atoms with E-state index in [0.29, 0.717) is 11.5 Å². The molecule has 1 N–H and O–H groups in total. The number of hydrogen-bond acceptors (Lipinski definition) is 4. The number of rotatable bonds is 3. The van der Waals surface area contributed by atoms with Crippen LogP contribution in [0.2, 0.25) is 0 Å². The van der Waals surface area contributed by atoms with Crippen molar-refractivity contribution in [3.8, 4) is 0 Å². The highest BCUT2D eigenvalue weighted by Gasteiger charge is 2.20. The Labute approximate surface area is 155 Å². The van der Waals surface area contributed by atoms with Gasteiger partial charge in [-0.3, -0.25) is 4.79 Å². The molecule has 0 spiro atoms. The van der Waals surface area contributed by atoms with Gasteiger partial charge >= 0.3 is 0 Å². The van der Waals surface area contributed by atoms with E-state index in [4.69, 9.17) is 0 Å². The topological polar surface area (TPSA) is 58.1 Å². The van der Waals surface area contributed by atoms with E-state index in [1.165, 1.54) is 18.4 Å². The summed E-state index contributed by atoms with van der Waals surface area (Å²) < 4.78 is 0. The van der Waals surface area contributed by atoms with Crippen molar-refractivity contribution in [1.29, 1.82) is 0 Å². The number of amides is 1. The first-order chi connectivity index (χ1) is 12.4. The number of hydrogen-bond donors (Lipinski definition) is 1. The molecule has 0 radical (unpaired) electrons. The third kappa shape index (κ3) is 4.40. The van der Waals surface area contributed by atoms with Crippen molar-refractivity contribution >= 4 is 17.4 Å². The first-order valence-corrected chi connectivity index (χ1v) is 9.43. The Bertz CT molecular complexity index is 741. The molecule has 3 rings (SSSR count). The highest BCUT2D eigenvalue weighted by molar-refractivity contribution is 5.92. The minimum atomic E-state index is -0.0129. The van der Waals surface area contributed by atoms with Crippen LogP contribution in [0.1, 0.15) is 62.5 Å². The van der Waals surface area contributed by atoms with E-state index >= 15 is 0 Å². The summed E-state index contributed by atoms with van der Waals surface area (Å²) in [6, 6.07) is 8.20. The largest absolute Gasteiger partial charge is 0.339 e. The molecular weight excluding hydrogens is 324 g/mol. The van der Waals surface area contributed by atoms with Crippen LogP contribution in [0.5, 0.6) is 0 Å². The molecule has 2 aromatic rings. The third-order valence-electron chi connectivity index (χ3n) is 4.76. The number of para-hydroxylation sites is 1. The van der Waals surface area contributed by atoms with Gasteiger partial charge in [0.05, 0.1) is 12.4 Å². The van der Waals surface area contributed by atoms with Gasteiger partial charge in [-0.25, -0.2) is 9.97 Å². The molecule has 26 heavy (non-hydrogen) atoms. The standard InChI is InChI=1S/C21H28N4O/c1-21(2,3)16-10-6-7-11-17(16)24-19-15-22-18(14-23-19)20(26)25-12-8-4-5-9-13-25/h6-7,10-11,14-15H,4-5,8-9,12-13H2,1-3H3,(H,23,24). The molecule has 0 saturated carbocycles. The summed E-state index contributed by atoms with van der Waals surface area (Å²) in [6.45, 7) is 8.19. The smallest absolute Gasteiger partial charge is 0.274 e. The maximum Gasteiger partial charge on any atom is 0.274 e. The monoisotopic (exact) mass is 352 g/mol. The minimum absolute atomic E-state index is 0.0129. The number of benzene rings is 1. The molecule has 1 aromatic carbocycles. The molecule has 1 aliphatic heterocycles. The average Bonchev–Trinajstić information content (AvgIpc) is 2.91. The van der Waals surface area contributed by atoms with E-state index in [1.807, 2.05) is 23.1 Å². The van der Waals surface area contributed by atoms with Crippen molar-refractivity contribution in [2.24, 2.45) is 0 Å². The van der Waals surface area contributed by atoms with E-state index < -0.39 is 0 Å². The molecule has 1 aromatic heterocycles. The van der Waals surface area contributed by atoms with Crippen LogP contribution in [0.3, 0.4) is 0 Å². The number of likely N-dealkylation sites (tertiary alicyclic amines) is 1. The summed E-state index contributed by atoms with van der Waals surface area (Å²) in [6.07, 6.45) is 7.77. The lowest BCUT2D eigenvalue weighted by atomic mass is 9.86. The maximum absolute atomic E-state index is 12.6. The second-order valence-corrected chi connectivity index (χ2v) is 7.91. The normalized spacial score (nSPS) is 15.4. The van der Waals surface area contributed by atoms with Gasteiger partial charge in [-0.1, -0.05) is 51.8 Å². The highest BCUT2D eigenvalue weighted by atomic mass is 16.2. The number of carbonyl (C=O) groups is 1. The molecule has 1 fully saturated rings. The molecule has 0 bridgehead atoms. The summed E-state index contributed by atoms with van der Waals surface area (Å²) in [7, 11) is 0. The molecule has 5 nitrogen and oxygen atoms in total. The fourth-order valence-electron chi connectivity index (χ4n) is 3.32. The maximum atomic E-state index is 12.6. The van der Waals surface area contributed by atoms with Crippen LogP contribution in [-0.2, 0) is 5.41 Å². The Morgan fingerprint density at radius 1 is 1.00 bits per heavy atom. The van der Waals surface area contributed by atoms with E-state index in [0.717, 1.165) is 31.6 Å². The zero-order chi connectivity index (χ0) is 18.6. The number of aromatic nitrogens is 2. The third-order valence-corrected chi connectivity index (χ3v) is 4.76. The van der Waals surface area contributed by atoms with Crippen molar-refractivity contribution in [3.05, 3.63) is 47.9 Å². The van der Waals surface area contributed by atoms with Gasteiger partial charge in [-0.15, -0.1) is 0 Å². The molecule has 5 heteroatoms. The van der Waals surface area contributed by atoms with Gasteiger partial charge in [0.15, 0.2) is 0 Å². The Kier molecular flexibility index (Phi) is 5.55. The fourth-order valence-corrected chi connectivity index (χ4v) is 3.32. The van der Waals surface area contributed by atoms with Crippen LogP contribution < -0.4 is 5.32 Å². The molecule has 1 saturated heterocycles. The van der Waals surface area contributed by atoms with Crippen LogP contribution in [0.4, 0.5) is 11.5 Å². The molecular formula is C21H28N4O. The van der Waals surface area contributed by atoms with Crippen LogP contribution >= 0.6 is 0 Å². The van der Waals surface area contributed by atoms with Gasteiger partial charge in [-0.2, -0.15) is 0 Å². The second-order valence-electron chi connectivity index (χ2n) is 7.91. The molecule has 138 valence electrons. The van der Waals surface area contributed by atoms with Crippen molar-refractivity contribution in [2.45, 2.75) is 51.9 Å². The SMILES string of the molecule is CC(C)(C)c1ccccc1Nc1cnc(C(=O)N2CCCCCC2)cn1. The number of carbonyl (C=O) groups excluding carboxylic acids is 1. The summed E-state index contributed by atoms with van der Waals surface area (Å²) >= 11 is 0. The van der Waals surface area contributed by atoms with Gasteiger partial charge in [0.25, 0.3) is 5.91 Å². The molecule has 0 atom stereocenters. The highest BCUT2D eigenvalue weighted by Crippen LogP contribution is 2.30. The van der Waals surface area contributed by atoms with Crippen LogP contribution in [0.15, 0.2) is 36.7 Å². The average molecular weight is 352 g/mol. The Balaban J connectivity index is 1.73. The number of anilines is 2. The van der Waals surface area contributed by atoms with E-state index in [9.17, 15) is 4.79 Å². The second kappa shape index (κ2) is 7.85. The molecule has 1 amide bonds. The summed E-state index contributed by atoms with van der Waals surface area (Å²) in [4.78, 5) is 23.3. The summed E-state index contributed by atoms with van der Waals surface area (Å²) in [5.74, 6) is 0.634. The van der Waals surface area contributed by atoms with Crippen LogP contribution in [0, 0.1) is 0 Å². The Hall–Kier alpha value is -2.43. The van der Waals surface area contributed by atoms with E-state index in [2.05, 4.69) is 42.1 Å². The van der Waals surface area contributed by atoms with Gasteiger partial charge in [-0.05, 0) is 29.9 Å². The first kappa shape index (κ1) is 18.4. The van der Waals surface area contributed by atoms with Crippen LogP contribution in [-0.4, -0.2) is 33.9 Å². The van der Waals surface area contributed by atoms with E-state index in [-0.39, 0.29) is 11.3 Å². The Morgan fingerprint density at radius 3 is 2.31 bits per heavy atom.